The first-order chi connectivity index (χ1) is 11.1. The highest BCUT2D eigenvalue weighted by Gasteiger charge is 2.28. The summed E-state index contributed by atoms with van der Waals surface area (Å²) < 4.78 is 2.51. The molecule has 0 aromatic heterocycles. The van der Waals surface area contributed by atoms with E-state index in [1.165, 1.54) is 18.3 Å². The van der Waals surface area contributed by atoms with Gasteiger partial charge in [-0.3, -0.25) is 0 Å². The molecule has 0 radical (unpaired) electrons. The van der Waals surface area contributed by atoms with Crippen molar-refractivity contribution in [2.75, 3.05) is 6.54 Å². The largest absolute Gasteiger partial charge is 0.329 e. The number of aryl methyl sites for hydroxylation is 2. The SMILES string of the molecule is N#CC(CN)(CCc1ccccc1I)CCc1ccccc1I. The molecule has 2 rings (SSSR count). The van der Waals surface area contributed by atoms with Gasteiger partial charge in [0.2, 0.25) is 0 Å². The molecular formula is C19H20I2N2. The number of halogens is 2. The summed E-state index contributed by atoms with van der Waals surface area (Å²) in [6.45, 7) is 0.413. The maximum Gasteiger partial charge on any atom is 0.0703 e. The molecule has 23 heavy (non-hydrogen) atoms. The lowest BCUT2D eigenvalue weighted by molar-refractivity contribution is 0.346. The lowest BCUT2D eigenvalue weighted by atomic mass is 9.78. The van der Waals surface area contributed by atoms with Gasteiger partial charge in [-0.05, 0) is 94.1 Å². The molecule has 0 aliphatic carbocycles. The van der Waals surface area contributed by atoms with Crippen LogP contribution in [-0.4, -0.2) is 6.54 Å². The summed E-state index contributed by atoms with van der Waals surface area (Å²) in [5.41, 5.74) is 8.15. The van der Waals surface area contributed by atoms with Gasteiger partial charge in [0.25, 0.3) is 0 Å². The van der Waals surface area contributed by atoms with Crippen LogP contribution < -0.4 is 5.73 Å². The Morgan fingerprint density at radius 1 is 0.870 bits per heavy atom. The fraction of sp³-hybridized carbons (Fsp3) is 0.316. The van der Waals surface area contributed by atoms with Crippen molar-refractivity contribution in [1.82, 2.24) is 0 Å². The van der Waals surface area contributed by atoms with Crippen molar-refractivity contribution >= 4 is 45.2 Å². The van der Waals surface area contributed by atoms with E-state index in [1.54, 1.807) is 0 Å². The molecular weight excluding hydrogens is 510 g/mol. The van der Waals surface area contributed by atoms with Gasteiger partial charge in [0.15, 0.2) is 0 Å². The minimum absolute atomic E-state index is 0.413. The third-order valence-electron chi connectivity index (χ3n) is 4.29. The maximum atomic E-state index is 9.74. The molecule has 0 spiro atoms. The Hall–Kier alpha value is -0.650. The van der Waals surface area contributed by atoms with Crippen LogP contribution in [0.1, 0.15) is 24.0 Å². The molecule has 0 saturated heterocycles. The van der Waals surface area contributed by atoms with Crippen LogP contribution in [-0.2, 0) is 12.8 Å². The molecule has 0 atom stereocenters. The summed E-state index contributed by atoms with van der Waals surface area (Å²) in [7, 11) is 0. The number of nitriles is 1. The van der Waals surface area contributed by atoms with Crippen LogP contribution in [0.4, 0.5) is 0 Å². The van der Waals surface area contributed by atoms with Crippen molar-refractivity contribution in [1.29, 1.82) is 5.26 Å². The topological polar surface area (TPSA) is 49.8 Å². The number of benzene rings is 2. The highest BCUT2D eigenvalue weighted by atomic mass is 127. The number of rotatable bonds is 7. The van der Waals surface area contributed by atoms with Crippen molar-refractivity contribution < 1.29 is 0 Å². The van der Waals surface area contributed by atoms with E-state index >= 15 is 0 Å². The van der Waals surface area contributed by atoms with Gasteiger partial charge >= 0.3 is 0 Å². The van der Waals surface area contributed by atoms with Gasteiger partial charge < -0.3 is 5.73 Å². The maximum absolute atomic E-state index is 9.74. The second kappa shape index (κ2) is 9.00. The Bertz CT molecular complexity index is 642. The molecule has 0 aliphatic rings. The minimum Gasteiger partial charge on any atom is -0.329 e. The zero-order valence-corrected chi connectivity index (χ0v) is 17.2. The van der Waals surface area contributed by atoms with Crippen molar-refractivity contribution in [2.45, 2.75) is 25.7 Å². The highest BCUT2D eigenvalue weighted by molar-refractivity contribution is 14.1. The van der Waals surface area contributed by atoms with Crippen LogP contribution in [0.15, 0.2) is 48.5 Å². The Morgan fingerprint density at radius 3 is 1.65 bits per heavy atom. The van der Waals surface area contributed by atoms with E-state index in [0.717, 1.165) is 25.7 Å². The molecule has 0 amide bonds. The first-order valence-corrected chi connectivity index (χ1v) is 9.84. The van der Waals surface area contributed by atoms with E-state index < -0.39 is 5.41 Å². The zero-order valence-electron chi connectivity index (χ0n) is 12.9. The molecule has 2 N–H and O–H groups in total. The first-order valence-electron chi connectivity index (χ1n) is 7.68. The average molecular weight is 530 g/mol. The summed E-state index contributed by atoms with van der Waals surface area (Å²) >= 11 is 4.71. The van der Waals surface area contributed by atoms with E-state index in [1.807, 2.05) is 12.1 Å². The summed E-state index contributed by atoms with van der Waals surface area (Å²) in [6.07, 6.45) is 3.42. The quantitative estimate of drug-likeness (QED) is 0.517. The smallest absolute Gasteiger partial charge is 0.0703 e. The van der Waals surface area contributed by atoms with Crippen LogP contribution in [0.5, 0.6) is 0 Å². The highest BCUT2D eigenvalue weighted by Crippen LogP contribution is 2.30. The number of nitrogens with zero attached hydrogens (tertiary/aromatic N) is 1. The Balaban J connectivity index is 2.06. The van der Waals surface area contributed by atoms with Gasteiger partial charge in [-0.15, -0.1) is 0 Å². The molecule has 2 nitrogen and oxygen atoms in total. The second-order valence-electron chi connectivity index (χ2n) is 5.78. The molecule has 0 fully saturated rings. The third kappa shape index (κ3) is 5.16. The normalized spacial score (nSPS) is 11.2. The fourth-order valence-corrected chi connectivity index (χ4v) is 3.95. The predicted molar refractivity (Wildman–Crippen MR) is 112 cm³/mol. The molecule has 2 aromatic rings. The minimum atomic E-state index is -0.447. The molecule has 0 saturated carbocycles. The molecule has 0 aliphatic heterocycles. The second-order valence-corrected chi connectivity index (χ2v) is 8.10. The van der Waals surface area contributed by atoms with E-state index in [0.29, 0.717) is 6.54 Å². The molecule has 4 heteroatoms. The zero-order chi connectivity index (χ0) is 16.7. The molecule has 0 heterocycles. The summed E-state index contributed by atoms with van der Waals surface area (Å²) in [5, 5.41) is 9.74. The van der Waals surface area contributed by atoms with Gasteiger partial charge in [0, 0.05) is 13.7 Å². The first kappa shape index (κ1) is 18.7. The third-order valence-corrected chi connectivity index (χ3v) is 6.39. The van der Waals surface area contributed by atoms with Crippen LogP contribution in [0.25, 0.3) is 0 Å². The van der Waals surface area contributed by atoms with Gasteiger partial charge in [-0.2, -0.15) is 5.26 Å². The molecule has 120 valence electrons. The van der Waals surface area contributed by atoms with Gasteiger partial charge in [0.1, 0.15) is 0 Å². The Labute approximate surface area is 165 Å². The average Bonchev–Trinajstić information content (AvgIpc) is 2.58. The summed E-state index contributed by atoms with van der Waals surface area (Å²) in [4.78, 5) is 0. The standard InChI is InChI=1S/C19H20I2N2/c20-17-7-3-1-5-15(17)9-11-19(13-22,14-23)12-10-16-6-2-4-8-18(16)21/h1-8H,9-13,22H2. The van der Waals surface area contributed by atoms with E-state index in [2.05, 4.69) is 87.6 Å². The molecule has 2 aromatic carbocycles. The van der Waals surface area contributed by atoms with Crippen molar-refractivity contribution in [2.24, 2.45) is 11.1 Å². The van der Waals surface area contributed by atoms with Crippen LogP contribution in [0, 0.1) is 23.9 Å². The molecule has 0 bridgehead atoms. The lowest BCUT2D eigenvalue weighted by Crippen LogP contribution is -2.30. The monoisotopic (exact) mass is 530 g/mol. The summed E-state index contributed by atoms with van der Waals surface area (Å²) in [6, 6.07) is 19.2. The predicted octanol–water partition coefficient (Wildman–Crippen LogP) is 4.93. The van der Waals surface area contributed by atoms with Crippen LogP contribution in [0.2, 0.25) is 0 Å². The van der Waals surface area contributed by atoms with Crippen molar-refractivity contribution in [3.63, 3.8) is 0 Å². The Morgan fingerprint density at radius 2 is 1.30 bits per heavy atom. The molecule has 0 unspecified atom stereocenters. The number of hydrogen-bond donors (Lipinski definition) is 1. The van der Waals surface area contributed by atoms with Crippen molar-refractivity contribution in [3.05, 3.63) is 66.8 Å². The Kier molecular flexibility index (Phi) is 7.31. The van der Waals surface area contributed by atoms with Crippen molar-refractivity contribution in [3.8, 4) is 6.07 Å². The van der Waals surface area contributed by atoms with E-state index in [-0.39, 0.29) is 0 Å². The van der Waals surface area contributed by atoms with Gasteiger partial charge in [-0.1, -0.05) is 36.4 Å². The number of nitrogens with two attached hydrogens (primary N) is 1. The van der Waals surface area contributed by atoms with Crippen LogP contribution >= 0.6 is 45.2 Å². The van der Waals surface area contributed by atoms with Gasteiger partial charge in [0.05, 0.1) is 11.5 Å². The van der Waals surface area contributed by atoms with Gasteiger partial charge in [-0.25, -0.2) is 0 Å². The van der Waals surface area contributed by atoms with Crippen LogP contribution in [0.3, 0.4) is 0 Å². The van der Waals surface area contributed by atoms with E-state index in [4.69, 9.17) is 5.73 Å². The fourth-order valence-electron chi connectivity index (χ4n) is 2.64. The lowest BCUT2D eigenvalue weighted by Gasteiger charge is -2.25. The number of hydrogen-bond acceptors (Lipinski definition) is 2. The van der Waals surface area contributed by atoms with E-state index in [9.17, 15) is 5.26 Å². The summed E-state index contributed by atoms with van der Waals surface area (Å²) in [5.74, 6) is 0.